The van der Waals surface area contributed by atoms with Crippen LogP contribution in [0.25, 0.3) is 0 Å². The number of benzene rings is 1. The van der Waals surface area contributed by atoms with E-state index in [0.717, 1.165) is 0 Å². The summed E-state index contributed by atoms with van der Waals surface area (Å²) in [6.45, 7) is 3.80. The number of rotatable bonds is 6. The molecule has 21 heavy (non-hydrogen) atoms. The van der Waals surface area contributed by atoms with Crippen LogP contribution >= 0.6 is 0 Å². The van der Waals surface area contributed by atoms with Gasteiger partial charge in [-0.2, -0.15) is 0 Å². The van der Waals surface area contributed by atoms with E-state index in [2.05, 4.69) is 5.32 Å². The molecule has 6 nitrogen and oxygen atoms in total. The molecule has 0 fully saturated rings. The summed E-state index contributed by atoms with van der Waals surface area (Å²) >= 11 is 0. The van der Waals surface area contributed by atoms with Crippen LogP contribution in [0.15, 0.2) is 12.1 Å². The molecule has 1 amide bonds. The third kappa shape index (κ3) is 4.45. The van der Waals surface area contributed by atoms with Crippen molar-refractivity contribution in [1.29, 1.82) is 0 Å². The van der Waals surface area contributed by atoms with Gasteiger partial charge in [0.25, 0.3) is 5.69 Å². The quantitative estimate of drug-likeness (QED) is 0.622. The van der Waals surface area contributed by atoms with Gasteiger partial charge in [0, 0.05) is 12.6 Å². The summed E-state index contributed by atoms with van der Waals surface area (Å²) in [4.78, 5) is 21.9. The summed E-state index contributed by atoms with van der Waals surface area (Å²) in [5.41, 5.74) is 4.01. The van der Waals surface area contributed by atoms with Gasteiger partial charge >= 0.3 is 0 Å². The standard InChI is InChI=1S/C13H17F2N3O3/c1-7(2)3-8(6-16)13(19)17-12-10(15)4-9(14)5-11(12)18(20)21/h4-5,7-8H,3,6,16H2,1-2H3,(H,17,19). The SMILES string of the molecule is CC(C)CC(CN)C(=O)Nc1c(F)cc(F)cc1[N+](=O)[O-]. The number of nitrogens with one attached hydrogen (secondary N) is 1. The summed E-state index contributed by atoms with van der Waals surface area (Å²) in [6, 6.07) is 1.03. The minimum atomic E-state index is -1.20. The molecule has 0 heterocycles. The van der Waals surface area contributed by atoms with Crippen LogP contribution in [0.5, 0.6) is 0 Å². The fourth-order valence-corrected chi connectivity index (χ4v) is 1.93. The van der Waals surface area contributed by atoms with Crippen molar-refractivity contribution < 1.29 is 18.5 Å². The average Bonchev–Trinajstić information content (AvgIpc) is 2.37. The molecule has 0 spiro atoms. The molecular weight excluding hydrogens is 284 g/mol. The van der Waals surface area contributed by atoms with Crippen LogP contribution in [0.4, 0.5) is 20.2 Å². The number of anilines is 1. The molecule has 0 aliphatic heterocycles. The third-order valence-corrected chi connectivity index (χ3v) is 2.89. The fraction of sp³-hybridized carbons (Fsp3) is 0.462. The van der Waals surface area contributed by atoms with E-state index >= 15 is 0 Å². The molecule has 1 aromatic rings. The van der Waals surface area contributed by atoms with E-state index in [1.807, 2.05) is 13.8 Å². The van der Waals surface area contributed by atoms with Crippen LogP contribution in [0.3, 0.4) is 0 Å². The second-order valence-electron chi connectivity index (χ2n) is 5.09. The van der Waals surface area contributed by atoms with Gasteiger partial charge in [-0.05, 0) is 12.3 Å². The molecule has 3 N–H and O–H groups in total. The Kier molecular flexibility index (Phi) is 5.71. The van der Waals surface area contributed by atoms with Crippen molar-refractivity contribution in [2.24, 2.45) is 17.6 Å². The highest BCUT2D eigenvalue weighted by Crippen LogP contribution is 2.29. The van der Waals surface area contributed by atoms with Gasteiger partial charge in [0.2, 0.25) is 5.91 Å². The second kappa shape index (κ2) is 7.07. The summed E-state index contributed by atoms with van der Waals surface area (Å²) < 4.78 is 26.7. The topological polar surface area (TPSA) is 98.3 Å². The predicted octanol–water partition coefficient (Wildman–Crippen LogP) is 2.43. The lowest BCUT2D eigenvalue weighted by atomic mass is 9.96. The van der Waals surface area contributed by atoms with Gasteiger partial charge in [-0.1, -0.05) is 13.8 Å². The van der Waals surface area contributed by atoms with Crippen LogP contribution in [-0.2, 0) is 4.79 Å². The van der Waals surface area contributed by atoms with Crippen LogP contribution in [0.1, 0.15) is 20.3 Å². The lowest BCUT2D eigenvalue weighted by Crippen LogP contribution is -2.31. The van der Waals surface area contributed by atoms with Crippen molar-refractivity contribution in [1.82, 2.24) is 0 Å². The molecule has 116 valence electrons. The molecule has 0 saturated carbocycles. The molecule has 8 heteroatoms. The minimum Gasteiger partial charge on any atom is -0.330 e. The number of nitro groups is 1. The van der Waals surface area contributed by atoms with Crippen molar-refractivity contribution >= 4 is 17.3 Å². The highest BCUT2D eigenvalue weighted by molar-refractivity contribution is 5.95. The lowest BCUT2D eigenvalue weighted by Gasteiger charge is -2.17. The molecule has 0 aliphatic carbocycles. The second-order valence-corrected chi connectivity index (χ2v) is 5.09. The molecule has 0 bridgehead atoms. The first-order valence-corrected chi connectivity index (χ1v) is 6.40. The zero-order valence-electron chi connectivity index (χ0n) is 11.7. The van der Waals surface area contributed by atoms with E-state index in [0.29, 0.717) is 18.6 Å². The first-order valence-electron chi connectivity index (χ1n) is 6.40. The Labute approximate surface area is 120 Å². The predicted molar refractivity (Wildman–Crippen MR) is 73.6 cm³/mol. The number of carbonyl (C=O) groups is 1. The Bertz CT molecular complexity index is 550. The van der Waals surface area contributed by atoms with Gasteiger partial charge in [-0.15, -0.1) is 0 Å². The summed E-state index contributed by atoms with van der Waals surface area (Å²) in [6.07, 6.45) is 0.457. The number of nitrogens with zero attached hydrogens (tertiary/aromatic N) is 1. The molecule has 0 radical (unpaired) electrons. The first kappa shape index (κ1) is 17.0. The lowest BCUT2D eigenvalue weighted by molar-refractivity contribution is -0.384. The molecule has 1 rings (SSSR count). The number of nitro benzene ring substituents is 1. The van der Waals surface area contributed by atoms with E-state index < -0.39 is 39.8 Å². The third-order valence-electron chi connectivity index (χ3n) is 2.89. The number of nitrogens with two attached hydrogens (primary N) is 1. The molecule has 1 aromatic carbocycles. The normalized spacial score (nSPS) is 12.3. The first-order chi connectivity index (χ1) is 9.76. The van der Waals surface area contributed by atoms with E-state index in [9.17, 15) is 23.7 Å². The molecule has 0 aliphatic rings. The fourth-order valence-electron chi connectivity index (χ4n) is 1.93. The van der Waals surface area contributed by atoms with Crippen LogP contribution in [-0.4, -0.2) is 17.4 Å². The molecule has 1 unspecified atom stereocenters. The Morgan fingerprint density at radius 1 is 1.43 bits per heavy atom. The Morgan fingerprint density at radius 2 is 2.05 bits per heavy atom. The average molecular weight is 301 g/mol. The number of hydrogen-bond donors (Lipinski definition) is 2. The maximum absolute atomic E-state index is 13.7. The van der Waals surface area contributed by atoms with Crippen LogP contribution in [0, 0.1) is 33.6 Å². The molecular formula is C13H17F2N3O3. The van der Waals surface area contributed by atoms with Crippen LogP contribution < -0.4 is 11.1 Å². The highest BCUT2D eigenvalue weighted by atomic mass is 19.1. The van der Waals surface area contributed by atoms with Crippen LogP contribution in [0.2, 0.25) is 0 Å². The Balaban J connectivity index is 3.06. The van der Waals surface area contributed by atoms with Crippen molar-refractivity contribution in [3.8, 4) is 0 Å². The van der Waals surface area contributed by atoms with Gasteiger partial charge < -0.3 is 11.1 Å². The maximum Gasteiger partial charge on any atom is 0.298 e. The minimum absolute atomic E-state index is 0.0284. The Morgan fingerprint density at radius 3 is 2.52 bits per heavy atom. The number of halogens is 2. The zero-order valence-corrected chi connectivity index (χ0v) is 11.7. The van der Waals surface area contributed by atoms with Gasteiger partial charge in [-0.3, -0.25) is 14.9 Å². The van der Waals surface area contributed by atoms with E-state index in [1.165, 1.54) is 0 Å². The molecule has 0 saturated heterocycles. The van der Waals surface area contributed by atoms with E-state index in [-0.39, 0.29) is 12.5 Å². The van der Waals surface area contributed by atoms with Gasteiger partial charge in [0.15, 0.2) is 11.5 Å². The summed E-state index contributed by atoms with van der Waals surface area (Å²) in [5, 5.41) is 13.0. The molecule has 0 aromatic heterocycles. The molecule has 1 atom stereocenters. The summed E-state index contributed by atoms with van der Waals surface area (Å²) in [5.74, 6) is -3.34. The van der Waals surface area contributed by atoms with Gasteiger partial charge in [0.05, 0.1) is 16.9 Å². The van der Waals surface area contributed by atoms with Crippen molar-refractivity contribution in [2.45, 2.75) is 20.3 Å². The zero-order chi connectivity index (χ0) is 16.2. The van der Waals surface area contributed by atoms with E-state index in [4.69, 9.17) is 5.73 Å². The van der Waals surface area contributed by atoms with Gasteiger partial charge in [-0.25, -0.2) is 8.78 Å². The largest absolute Gasteiger partial charge is 0.330 e. The highest BCUT2D eigenvalue weighted by Gasteiger charge is 2.25. The van der Waals surface area contributed by atoms with Crippen molar-refractivity contribution in [3.05, 3.63) is 33.9 Å². The van der Waals surface area contributed by atoms with Crippen molar-refractivity contribution in [2.75, 3.05) is 11.9 Å². The number of carbonyl (C=O) groups excluding carboxylic acids is 1. The maximum atomic E-state index is 13.7. The van der Waals surface area contributed by atoms with E-state index in [1.54, 1.807) is 0 Å². The monoisotopic (exact) mass is 301 g/mol. The number of amides is 1. The summed E-state index contributed by atoms with van der Waals surface area (Å²) in [7, 11) is 0. The number of hydrogen-bond acceptors (Lipinski definition) is 4. The van der Waals surface area contributed by atoms with Gasteiger partial charge in [0.1, 0.15) is 5.82 Å². The smallest absolute Gasteiger partial charge is 0.298 e. The Hall–Kier alpha value is -2.09. The van der Waals surface area contributed by atoms with Crippen molar-refractivity contribution in [3.63, 3.8) is 0 Å².